The van der Waals surface area contributed by atoms with Crippen LogP contribution in [-0.2, 0) is 11.3 Å². The van der Waals surface area contributed by atoms with Gasteiger partial charge in [-0.3, -0.25) is 19.4 Å². The number of nitrogens with zero attached hydrogens (tertiary/aromatic N) is 2. The van der Waals surface area contributed by atoms with Gasteiger partial charge in [0.15, 0.2) is 0 Å². The van der Waals surface area contributed by atoms with E-state index in [2.05, 4.69) is 15.9 Å². The second-order valence-corrected chi connectivity index (χ2v) is 6.64. The third-order valence-electron chi connectivity index (χ3n) is 3.93. The molecule has 2 aromatic rings. The summed E-state index contributed by atoms with van der Waals surface area (Å²) in [6, 6.07) is 13.1. The van der Waals surface area contributed by atoms with Gasteiger partial charge in [0.2, 0.25) is 0 Å². The second kappa shape index (κ2) is 6.75. The van der Waals surface area contributed by atoms with Gasteiger partial charge in [-0.2, -0.15) is 0 Å². The molecule has 0 aromatic heterocycles. The molecule has 3 rings (SSSR count). The monoisotopic (exact) mass is 388 g/mol. The van der Waals surface area contributed by atoms with Crippen LogP contribution < -0.4 is 9.64 Å². The van der Waals surface area contributed by atoms with Crippen molar-refractivity contribution >= 4 is 33.3 Å². The molecule has 0 bridgehead atoms. The van der Waals surface area contributed by atoms with Crippen molar-refractivity contribution in [1.82, 2.24) is 4.90 Å². The first kappa shape index (κ1) is 16.7. The molecular weight excluding hydrogens is 372 g/mol. The maximum Gasteiger partial charge on any atom is 0.300 e. The van der Waals surface area contributed by atoms with E-state index in [1.165, 1.54) is 4.90 Å². The fourth-order valence-corrected chi connectivity index (χ4v) is 3.11. The molecule has 0 N–H and O–H groups in total. The van der Waals surface area contributed by atoms with Crippen LogP contribution in [0.1, 0.15) is 15.9 Å². The molecule has 1 heterocycles. The zero-order valence-electron chi connectivity index (χ0n) is 13.5. The quantitative estimate of drug-likeness (QED) is 0.738. The molecule has 2 aromatic carbocycles. The first-order valence-electron chi connectivity index (χ1n) is 7.47. The standard InChI is InChI=1S/C18H17BrN2O3/c1-20(10-12-3-6-14(24-2)7-4-12)11-21-16-8-5-13(19)9-15(16)17(22)18(21)23/h3-9H,10-11H2,1-2H3. The lowest BCUT2D eigenvalue weighted by Gasteiger charge is -2.24. The highest BCUT2D eigenvalue weighted by Gasteiger charge is 2.36. The van der Waals surface area contributed by atoms with Gasteiger partial charge in [0.1, 0.15) is 5.75 Å². The lowest BCUT2D eigenvalue weighted by molar-refractivity contribution is -0.114. The van der Waals surface area contributed by atoms with Gasteiger partial charge < -0.3 is 4.74 Å². The van der Waals surface area contributed by atoms with Crippen molar-refractivity contribution < 1.29 is 14.3 Å². The SMILES string of the molecule is COc1ccc(CN(C)CN2C(=O)C(=O)c3cc(Br)ccc32)cc1. The van der Waals surface area contributed by atoms with E-state index in [9.17, 15) is 9.59 Å². The third kappa shape index (κ3) is 3.20. The minimum Gasteiger partial charge on any atom is -0.497 e. The van der Waals surface area contributed by atoms with E-state index < -0.39 is 11.7 Å². The molecule has 0 fully saturated rings. The summed E-state index contributed by atoms with van der Waals surface area (Å²) in [4.78, 5) is 27.9. The Balaban J connectivity index is 1.73. The number of amides is 1. The molecule has 0 saturated heterocycles. The molecular formula is C18H17BrN2O3. The van der Waals surface area contributed by atoms with Gasteiger partial charge >= 0.3 is 5.91 Å². The van der Waals surface area contributed by atoms with Crippen LogP contribution >= 0.6 is 15.9 Å². The zero-order valence-corrected chi connectivity index (χ0v) is 15.0. The number of methoxy groups -OCH3 is 1. The van der Waals surface area contributed by atoms with Crippen LogP contribution in [0.4, 0.5) is 5.69 Å². The lowest BCUT2D eigenvalue weighted by atomic mass is 10.1. The Bertz CT molecular complexity index is 789. The topological polar surface area (TPSA) is 49.9 Å². The normalized spacial score (nSPS) is 13.6. The number of ether oxygens (including phenoxy) is 1. The molecule has 0 unspecified atom stereocenters. The van der Waals surface area contributed by atoms with E-state index in [0.29, 0.717) is 24.5 Å². The average Bonchev–Trinajstić information content (AvgIpc) is 2.80. The molecule has 0 radical (unpaired) electrons. The van der Waals surface area contributed by atoms with Crippen molar-refractivity contribution in [3.63, 3.8) is 0 Å². The molecule has 0 spiro atoms. The van der Waals surface area contributed by atoms with Gasteiger partial charge in [0.05, 0.1) is 25.0 Å². The van der Waals surface area contributed by atoms with E-state index in [0.717, 1.165) is 15.8 Å². The maximum absolute atomic E-state index is 12.3. The highest BCUT2D eigenvalue weighted by molar-refractivity contribution is 9.10. The van der Waals surface area contributed by atoms with Crippen molar-refractivity contribution in [2.45, 2.75) is 6.54 Å². The van der Waals surface area contributed by atoms with E-state index in [-0.39, 0.29) is 0 Å². The number of hydrogen-bond acceptors (Lipinski definition) is 4. The van der Waals surface area contributed by atoms with Gasteiger partial charge in [-0.25, -0.2) is 0 Å². The highest BCUT2D eigenvalue weighted by Crippen LogP contribution is 2.31. The van der Waals surface area contributed by atoms with Gasteiger partial charge in [0.25, 0.3) is 5.78 Å². The van der Waals surface area contributed by atoms with Crippen molar-refractivity contribution in [1.29, 1.82) is 0 Å². The molecule has 124 valence electrons. The van der Waals surface area contributed by atoms with Crippen LogP contribution in [0.3, 0.4) is 0 Å². The predicted octanol–water partition coefficient (Wildman–Crippen LogP) is 3.08. The number of anilines is 1. The number of carbonyl (C=O) groups excluding carboxylic acids is 2. The molecule has 1 aliphatic rings. The smallest absolute Gasteiger partial charge is 0.300 e. The minimum absolute atomic E-state index is 0.352. The summed E-state index contributed by atoms with van der Waals surface area (Å²) >= 11 is 3.34. The number of benzene rings is 2. The van der Waals surface area contributed by atoms with Crippen LogP contribution in [-0.4, -0.2) is 37.4 Å². The molecule has 24 heavy (non-hydrogen) atoms. The number of halogens is 1. The molecule has 1 aliphatic heterocycles. The molecule has 1 amide bonds. The van der Waals surface area contributed by atoms with E-state index in [1.54, 1.807) is 19.2 Å². The van der Waals surface area contributed by atoms with Gasteiger partial charge in [-0.15, -0.1) is 0 Å². The Hall–Kier alpha value is -2.18. The van der Waals surface area contributed by atoms with Crippen molar-refractivity contribution in [3.05, 3.63) is 58.1 Å². The summed E-state index contributed by atoms with van der Waals surface area (Å²) in [5, 5.41) is 0. The number of carbonyl (C=O) groups is 2. The Morgan fingerprint density at radius 3 is 2.50 bits per heavy atom. The summed E-state index contributed by atoms with van der Waals surface area (Å²) in [7, 11) is 3.55. The van der Waals surface area contributed by atoms with Gasteiger partial charge in [-0.05, 0) is 42.9 Å². The lowest BCUT2D eigenvalue weighted by Crippen LogP contribution is -2.38. The minimum atomic E-state index is -0.482. The molecule has 5 nitrogen and oxygen atoms in total. The summed E-state index contributed by atoms with van der Waals surface area (Å²) in [6.45, 7) is 1.01. The van der Waals surface area contributed by atoms with Crippen LogP contribution in [0, 0.1) is 0 Å². The van der Waals surface area contributed by atoms with Crippen LogP contribution in [0.2, 0.25) is 0 Å². The predicted molar refractivity (Wildman–Crippen MR) is 95.3 cm³/mol. The van der Waals surface area contributed by atoms with E-state index in [4.69, 9.17) is 4.74 Å². The Morgan fingerprint density at radius 1 is 1.12 bits per heavy atom. The van der Waals surface area contributed by atoms with Crippen LogP contribution in [0.15, 0.2) is 46.9 Å². The Kier molecular flexibility index (Phi) is 4.69. The first-order chi connectivity index (χ1) is 11.5. The van der Waals surface area contributed by atoms with Gasteiger partial charge in [0, 0.05) is 11.0 Å². The summed E-state index contributed by atoms with van der Waals surface area (Å²) in [6.07, 6.45) is 0. The van der Waals surface area contributed by atoms with Crippen LogP contribution in [0.25, 0.3) is 0 Å². The number of Topliss-reactive ketones (excluding diaryl/α,β-unsaturated/α-hetero) is 1. The molecule has 0 atom stereocenters. The first-order valence-corrected chi connectivity index (χ1v) is 8.26. The number of hydrogen-bond donors (Lipinski definition) is 0. The van der Waals surface area contributed by atoms with Crippen molar-refractivity contribution in [3.8, 4) is 5.75 Å². The summed E-state index contributed by atoms with van der Waals surface area (Å²) in [5.74, 6) is -0.130. The Labute approximate surface area is 148 Å². The fourth-order valence-electron chi connectivity index (χ4n) is 2.75. The number of rotatable bonds is 5. The van der Waals surface area contributed by atoms with Gasteiger partial charge in [-0.1, -0.05) is 28.1 Å². The Morgan fingerprint density at radius 2 is 1.83 bits per heavy atom. The molecule has 6 heteroatoms. The fraction of sp³-hybridized carbons (Fsp3) is 0.222. The maximum atomic E-state index is 12.3. The average molecular weight is 389 g/mol. The largest absolute Gasteiger partial charge is 0.497 e. The zero-order chi connectivity index (χ0) is 17.3. The van der Waals surface area contributed by atoms with Crippen molar-refractivity contribution in [2.24, 2.45) is 0 Å². The third-order valence-corrected chi connectivity index (χ3v) is 4.42. The van der Waals surface area contributed by atoms with E-state index in [1.807, 2.05) is 42.3 Å². The second-order valence-electron chi connectivity index (χ2n) is 5.73. The summed E-state index contributed by atoms with van der Waals surface area (Å²) in [5.41, 5.74) is 2.22. The molecule has 0 aliphatic carbocycles. The van der Waals surface area contributed by atoms with Crippen molar-refractivity contribution in [2.75, 3.05) is 25.7 Å². The van der Waals surface area contributed by atoms with Crippen LogP contribution in [0.5, 0.6) is 5.75 Å². The number of ketones is 1. The summed E-state index contributed by atoms with van der Waals surface area (Å²) < 4.78 is 5.94. The molecule has 0 saturated carbocycles. The highest BCUT2D eigenvalue weighted by atomic mass is 79.9. The number of fused-ring (bicyclic) bond motifs is 1. The van der Waals surface area contributed by atoms with E-state index >= 15 is 0 Å².